The minimum Gasteiger partial charge on any atom is -0.344 e. The number of hydrogen-bond acceptors (Lipinski definition) is 1. The first-order valence-electron chi connectivity index (χ1n) is 8.96. The maximum atomic E-state index is 12.9. The molecule has 2 aromatic carbocycles. The molecule has 0 bridgehead atoms. The van der Waals surface area contributed by atoms with Gasteiger partial charge in [-0.2, -0.15) is 0 Å². The van der Waals surface area contributed by atoms with Crippen LogP contribution in [0.25, 0.3) is 0 Å². The molecule has 0 saturated carbocycles. The van der Waals surface area contributed by atoms with E-state index in [1.54, 1.807) is 0 Å². The molecule has 0 radical (unpaired) electrons. The number of amides is 1. The number of nitrogens with zero attached hydrogens (tertiary/aromatic N) is 1. The summed E-state index contributed by atoms with van der Waals surface area (Å²) < 4.78 is 2.19. The van der Waals surface area contributed by atoms with E-state index in [4.69, 9.17) is 0 Å². The van der Waals surface area contributed by atoms with E-state index in [0.29, 0.717) is 0 Å². The van der Waals surface area contributed by atoms with Crippen LogP contribution < -0.4 is 5.32 Å². The highest BCUT2D eigenvalue weighted by molar-refractivity contribution is 6.06. The fourth-order valence-electron chi connectivity index (χ4n) is 3.60. The van der Waals surface area contributed by atoms with Crippen molar-refractivity contribution in [3.05, 3.63) is 87.7 Å². The summed E-state index contributed by atoms with van der Waals surface area (Å²) in [4.78, 5) is 12.9. The number of rotatable bonds is 4. The Morgan fingerprint density at radius 1 is 0.923 bits per heavy atom. The molecule has 0 unspecified atom stereocenters. The smallest absolute Gasteiger partial charge is 0.257 e. The van der Waals surface area contributed by atoms with Crippen molar-refractivity contribution in [1.82, 2.24) is 4.57 Å². The molecule has 0 aliphatic rings. The summed E-state index contributed by atoms with van der Waals surface area (Å²) >= 11 is 0. The number of aromatic nitrogens is 1. The molecular formula is C23H26N2O. The van der Waals surface area contributed by atoms with Gasteiger partial charge in [0.25, 0.3) is 5.91 Å². The van der Waals surface area contributed by atoms with Crippen molar-refractivity contribution in [2.45, 2.75) is 41.2 Å². The van der Waals surface area contributed by atoms with E-state index >= 15 is 0 Å². The molecule has 0 atom stereocenters. The second-order valence-corrected chi connectivity index (χ2v) is 7.08. The fourth-order valence-corrected chi connectivity index (χ4v) is 3.60. The van der Waals surface area contributed by atoms with Gasteiger partial charge >= 0.3 is 0 Å². The molecule has 1 heterocycles. The van der Waals surface area contributed by atoms with Crippen molar-refractivity contribution < 1.29 is 4.79 Å². The Hall–Kier alpha value is -2.81. The minimum atomic E-state index is -0.0486. The molecule has 26 heavy (non-hydrogen) atoms. The lowest BCUT2D eigenvalue weighted by Crippen LogP contribution is -2.15. The van der Waals surface area contributed by atoms with Gasteiger partial charge in [0, 0.05) is 23.6 Å². The number of hydrogen-bond donors (Lipinski definition) is 1. The van der Waals surface area contributed by atoms with Crippen LogP contribution in [0.5, 0.6) is 0 Å². The average molecular weight is 346 g/mol. The van der Waals surface area contributed by atoms with Gasteiger partial charge in [0.1, 0.15) is 0 Å². The fraction of sp³-hybridized carbons (Fsp3) is 0.261. The summed E-state index contributed by atoms with van der Waals surface area (Å²) in [6, 6.07) is 16.5. The SMILES string of the molecule is Cc1cc(C)c(NC(=O)c2cc(C)n(Cc3ccccc3)c2C)c(C)c1. The van der Waals surface area contributed by atoms with E-state index in [9.17, 15) is 4.79 Å². The topological polar surface area (TPSA) is 34.0 Å². The van der Waals surface area contributed by atoms with Gasteiger partial charge in [0.05, 0.1) is 5.56 Å². The van der Waals surface area contributed by atoms with Crippen LogP contribution in [-0.2, 0) is 6.54 Å². The Morgan fingerprint density at radius 3 is 2.15 bits per heavy atom. The van der Waals surface area contributed by atoms with Crippen LogP contribution in [0.15, 0.2) is 48.5 Å². The molecular weight excluding hydrogens is 320 g/mol. The van der Waals surface area contributed by atoms with Crippen molar-refractivity contribution in [2.75, 3.05) is 5.32 Å². The highest BCUT2D eigenvalue weighted by atomic mass is 16.1. The number of carbonyl (C=O) groups excluding carboxylic acids is 1. The lowest BCUT2D eigenvalue weighted by Gasteiger charge is -2.13. The normalized spacial score (nSPS) is 10.8. The lowest BCUT2D eigenvalue weighted by molar-refractivity contribution is 0.102. The van der Waals surface area contributed by atoms with Crippen molar-refractivity contribution in [1.29, 1.82) is 0 Å². The van der Waals surface area contributed by atoms with E-state index in [0.717, 1.165) is 40.3 Å². The number of carbonyl (C=O) groups is 1. The molecule has 0 saturated heterocycles. The van der Waals surface area contributed by atoms with Gasteiger partial charge in [-0.15, -0.1) is 0 Å². The second kappa shape index (κ2) is 7.20. The van der Waals surface area contributed by atoms with Crippen LogP contribution in [0, 0.1) is 34.6 Å². The van der Waals surface area contributed by atoms with E-state index in [1.807, 2.05) is 45.0 Å². The summed E-state index contributed by atoms with van der Waals surface area (Å²) in [5, 5.41) is 3.11. The van der Waals surface area contributed by atoms with Crippen LogP contribution in [0.4, 0.5) is 5.69 Å². The molecule has 134 valence electrons. The molecule has 0 aliphatic carbocycles. The van der Waals surface area contributed by atoms with Gasteiger partial charge in [0.2, 0.25) is 0 Å². The van der Waals surface area contributed by atoms with Gasteiger partial charge in [-0.25, -0.2) is 0 Å². The van der Waals surface area contributed by atoms with E-state index in [1.165, 1.54) is 11.1 Å². The molecule has 1 N–H and O–H groups in total. The Labute approximate surface area is 155 Å². The zero-order valence-electron chi connectivity index (χ0n) is 16.2. The van der Waals surface area contributed by atoms with E-state index in [-0.39, 0.29) is 5.91 Å². The maximum absolute atomic E-state index is 12.9. The number of anilines is 1. The Bertz CT molecular complexity index is 929. The van der Waals surface area contributed by atoms with Crippen LogP contribution in [0.1, 0.15) is 44.0 Å². The van der Waals surface area contributed by atoms with E-state index in [2.05, 4.69) is 48.0 Å². The molecule has 0 aliphatic heterocycles. The largest absolute Gasteiger partial charge is 0.344 e. The molecule has 3 heteroatoms. The number of nitrogens with one attached hydrogen (secondary N) is 1. The quantitative estimate of drug-likeness (QED) is 0.680. The molecule has 3 aromatic rings. The Kier molecular flexibility index (Phi) is 4.99. The van der Waals surface area contributed by atoms with Gasteiger partial charge < -0.3 is 9.88 Å². The van der Waals surface area contributed by atoms with Crippen LogP contribution in [0.2, 0.25) is 0 Å². The summed E-state index contributed by atoms with van der Waals surface area (Å²) in [6.07, 6.45) is 0. The van der Waals surface area contributed by atoms with Crippen molar-refractivity contribution in [2.24, 2.45) is 0 Å². The van der Waals surface area contributed by atoms with Gasteiger partial charge in [-0.05, 0) is 57.4 Å². The summed E-state index contributed by atoms with van der Waals surface area (Å²) in [5.74, 6) is -0.0486. The number of benzene rings is 2. The predicted molar refractivity (Wildman–Crippen MR) is 108 cm³/mol. The summed E-state index contributed by atoms with van der Waals surface area (Å²) in [7, 11) is 0. The van der Waals surface area contributed by atoms with Gasteiger partial charge in [0.15, 0.2) is 0 Å². The Balaban J connectivity index is 1.88. The first kappa shape index (κ1) is 18.0. The molecule has 1 aromatic heterocycles. The van der Waals surface area contributed by atoms with Crippen molar-refractivity contribution in [3.63, 3.8) is 0 Å². The Morgan fingerprint density at radius 2 is 1.54 bits per heavy atom. The monoisotopic (exact) mass is 346 g/mol. The van der Waals surface area contributed by atoms with Crippen LogP contribution >= 0.6 is 0 Å². The summed E-state index contributed by atoms with van der Waals surface area (Å²) in [5.41, 5.74) is 8.35. The zero-order chi connectivity index (χ0) is 18.8. The van der Waals surface area contributed by atoms with Gasteiger partial charge in [-0.1, -0.05) is 48.0 Å². The zero-order valence-corrected chi connectivity index (χ0v) is 16.2. The van der Waals surface area contributed by atoms with Crippen LogP contribution in [-0.4, -0.2) is 10.5 Å². The maximum Gasteiger partial charge on any atom is 0.257 e. The predicted octanol–water partition coefficient (Wildman–Crippen LogP) is 5.33. The molecule has 0 spiro atoms. The molecule has 1 amide bonds. The van der Waals surface area contributed by atoms with Crippen molar-refractivity contribution in [3.8, 4) is 0 Å². The first-order chi connectivity index (χ1) is 12.4. The first-order valence-corrected chi connectivity index (χ1v) is 8.96. The third kappa shape index (κ3) is 3.57. The highest BCUT2D eigenvalue weighted by Crippen LogP contribution is 2.24. The second-order valence-electron chi connectivity index (χ2n) is 7.08. The third-order valence-electron chi connectivity index (χ3n) is 4.92. The third-order valence-corrected chi connectivity index (χ3v) is 4.92. The molecule has 0 fully saturated rings. The standard InChI is InChI=1S/C23H26N2O/c1-15-11-16(2)22(17(3)12-15)24-23(26)21-13-18(4)25(19(21)5)14-20-9-7-6-8-10-20/h6-13H,14H2,1-5H3,(H,24,26). The molecule has 3 nitrogen and oxygen atoms in total. The highest BCUT2D eigenvalue weighted by Gasteiger charge is 2.17. The average Bonchev–Trinajstić information content (AvgIpc) is 2.87. The summed E-state index contributed by atoms with van der Waals surface area (Å²) in [6.45, 7) is 11.0. The number of aryl methyl sites for hydroxylation is 4. The van der Waals surface area contributed by atoms with E-state index < -0.39 is 0 Å². The molecule has 3 rings (SSSR count). The lowest BCUT2D eigenvalue weighted by atomic mass is 10.0. The van der Waals surface area contributed by atoms with Crippen LogP contribution in [0.3, 0.4) is 0 Å². The van der Waals surface area contributed by atoms with Gasteiger partial charge in [-0.3, -0.25) is 4.79 Å². The minimum absolute atomic E-state index is 0.0486. The van der Waals surface area contributed by atoms with Crippen molar-refractivity contribution >= 4 is 11.6 Å².